The summed E-state index contributed by atoms with van der Waals surface area (Å²) < 4.78 is 5.24. The van der Waals surface area contributed by atoms with Crippen molar-refractivity contribution < 1.29 is 9.53 Å². The maximum Gasteiger partial charge on any atom is 0.239 e. The summed E-state index contributed by atoms with van der Waals surface area (Å²) in [6.07, 6.45) is 0. The number of morpholine rings is 1. The van der Waals surface area contributed by atoms with Gasteiger partial charge in [-0.1, -0.05) is 0 Å². The average Bonchev–Trinajstić information content (AvgIpc) is 2.25. The molecule has 5 heteroatoms. The Morgan fingerprint density at radius 3 is 2.44 bits per heavy atom. The number of ether oxygens (including phenoxy) is 1. The normalized spacial score (nSPS) is 27.3. The summed E-state index contributed by atoms with van der Waals surface area (Å²) in [7, 11) is 0. The van der Waals surface area contributed by atoms with Crippen LogP contribution in [0.4, 0.5) is 0 Å². The third-order valence-electron chi connectivity index (χ3n) is 3.36. The number of nitrogens with two attached hydrogens (primary N) is 1. The Kier molecular flexibility index (Phi) is 3.19. The number of nitrogens with zero attached hydrogens (tertiary/aromatic N) is 2. The Morgan fingerprint density at radius 2 is 1.94 bits per heavy atom. The molecule has 0 aromatic rings. The third-order valence-corrected chi connectivity index (χ3v) is 3.36. The lowest BCUT2D eigenvalue weighted by atomic mass is 9.92. The van der Waals surface area contributed by atoms with Crippen LogP contribution in [-0.4, -0.2) is 66.7 Å². The quantitative estimate of drug-likeness (QED) is 0.675. The van der Waals surface area contributed by atoms with Gasteiger partial charge in [0, 0.05) is 31.7 Å². The third kappa shape index (κ3) is 2.36. The fourth-order valence-electron chi connectivity index (χ4n) is 2.36. The molecule has 0 saturated carbocycles. The first kappa shape index (κ1) is 11.8. The summed E-state index contributed by atoms with van der Waals surface area (Å²) in [5.41, 5.74) is 5.83. The van der Waals surface area contributed by atoms with E-state index in [-0.39, 0.29) is 17.5 Å². The van der Waals surface area contributed by atoms with Crippen LogP contribution in [0.3, 0.4) is 0 Å². The zero-order chi connectivity index (χ0) is 11.8. The average molecular weight is 227 g/mol. The van der Waals surface area contributed by atoms with Crippen molar-refractivity contribution in [2.75, 3.05) is 39.4 Å². The van der Waals surface area contributed by atoms with Crippen LogP contribution >= 0.6 is 0 Å². The number of hydrogen-bond acceptors (Lipinski definition) is 4. The predicted molar refractivity (Wildman–Crippen MR) is 61.0 cm³/mol. The first-order valence-corrected chi connectivity index (χ1v) is 5.89. The Balaban J connectivity index is 1.85. The van der Waals surface area contributed by atoms with Gasteiger partial charge in [0.15, 0.2) is 0 Å². The van der Waals surface area contributed by atoms with Crippen LogP contribution in [0.25, 0.3) is 0 Å². The molecular formula is C11H21N3O2. The molecule has 1 unspecified atom stereocenters. The van der Waals surface area contributed by atoms with E-state index in [1.165, 1.54) is 0 Å². The molecular weight excluding hydrogens is 206 g/mol. The van der Waals surface area contributed by atoms with Gasteiger partial charge in [0.05, 0.1) is 19.3 Å². The van der Waals surface area contributed by atoms with Gasteiger partial charge in [-0.15, -0.1) is 0 Å². The second-order valence-corrected chi connectivity index (χ2v) is 5.17. The van der Waals surface area contributed by atoms with E-state index in [1.54, 1.807) is 0 Å². The van der Waals surface area contributed by atoms with Crippen LogP contribution in [0.15, 0.2) is 0 Å². The van der Waals surface area contributed by atoms with Crippen molar-refractivity contribution in [3.05, 3.63) is 0 Å². The van der Waals surface area contributed by atoms with E-state index in [9.17, 15) is 4.79 Å². The molecule has 0 spiro atoms. The lowest BCUT2D eigenvalue weighted by molar-refractivity contribution is -0.143. The van der Waals surface area contributed by atoms with E-state index in [1.807, 2.05) is 18.7 Å². The molecule has 0 bridgehead atoms. The fraction of sp³-hybridized carbons (Fsp3) is 0.909. The largest absolute Gasteiger partial charge is 0.378 e. The van der Waals surface area contributed by atoms with Gasteiger partial charge < -0.3 is 15.4 Å². The van der Waals surface area contributed by atoms with Crippen molar-refractivity contribution in [3.63, 3.8) is 0 Å². The van der Waals surface area contributed by atoms with E-state index in [0.29, 0.717) is 13.2 Å². The number of likely N-dealkylation sites (tertiary alicyclic amines) is 1. The van der Waals surface area contributed by atoms with Gasteiger partial charge in [-0.05, 0) is 13.8 Å². The Bertz CT molecular complexity index is 266. The second kappa shape index (κ2) is 4.31. The number of carbonyl (C=O) groups excluding carboxylic acids is 1. The molecule has 2 N–H and O–H groups in total. The highest BCUT2D eigenvalue weighted by atomic mass is 16.5. The molecule has 2 heterocycles. The van der Waals surface area contributed by atoms with E-state index >= 15 is 0 Å². The Hall–Kier alpha value is -0.650. The Labute approximate surface area is 96.5 Å². The van der Waals surface area contributed by atoms with Crippen molar-refractivity contribution in [1.29, 1.82) is 0 Å². The SMILES string of the molecule is CC(C(=O)N1CCOCC1)N1CC(C)(N)C1. The molecule has 0 radical (unpaired) electrons. The lowest BCUT2D eigenvalue weighted by Crippen LogP contribution is -2.69. The summed E-state index contributed by atoms with van der Waals surface area (Å²) >= 11 is 0. The standard InChI is InChI=1S/C11H21N3O2/c1-9(14-7-11(2,12)8-14)10(15)13-3-5-16-6-4-13/h9H,3-8,12H2,1-2H3. The molecule has 2 fully saturated rings. The van der Waals surface area contributed by atoms with Gasteiger partial charge in [-0.3, -0.25) is 9.69 Å². The molecule has 0 aliphatic carbocycles. The minimum absolute atomic E-state index is 0.0466. The highest BCUT2D eigenvalue weighted by molar-refractivity contribution is 5.81. The number of rotatable bonds is 2. The van der Waals surface area contributed by atoms with Crippen LogP contribution in [0.2, 0.25) is 0 Å². The molecule has 0 aromatic carbocycles. The van der Waals surface area contributed by atoms with Crippen molar-refractivity contribution >= 4 is 5.91 Å². The minimum atomic E-state index is -0.112. The number of hydrogen-bond donors (Lipinski definition) is 1. The van der Waals surface area contributed by atoms with E-state index in [4.69, 9.17) is 10.5 Å². The predicted octanol–water partition coefficient (Wildman–Crippen LogP) is -0.733. The molecule has 0 aromatic heterocycles. The van der Waals surface area contributed by atoms with Gasteiger partial charge in [-0.2, -0.15) is 0 Å². The highest BCUT2D eigenvalue weighted by Gasteiger charge is 2.40. The van der Waals surface area contributed by atoms with Crippen LogP contribution in [0.5, 0.6) is 0 Å². The van der Waals surface area contributed by atoms with Gasteiger partial charge in [0.25, 0.3) is 0 Å². The maximum absolute atomic E-state index is 12.1. The van der Waals surface area contributed by atoms with Crippen LogP contribution < -0.4 is 5.73 Å². The van der Waals surface area contributed by atoms with Crippen molar-refractivity contribution in [2.24, 2.45) is 5.73 Å². The topological polar surface area (TPSA) is 58.8 Å². The Morgan fingerprint density at radius 1 is 1.38 bits per heavy atom. The summed E-state index contributed by atoms with van der Waals surface area (Å²) in [5, 5.41) is 0. The van der Waals surface area contributed by atoms with Gasteiger partial charge in [0.1, 0.15) is 0 Å². The summed E-state index contributed by atoms with van der Waals surface area (Å²) in [4.78, 5) is 16.2. The van der Waals surface area contributed by atoms with E-state index < -0.39 is 0 Å². The first-order chi connectivity index (χ1) is 7.49. The molecule has 92 valence electrons. The molecule has 2 aliphatic heterocycles. The van der Waals surface area contributed by atoms with Gasteiger partial charge in [0.2, 0.25) is 5.91 Å². The summed E-state index contributed by atoms with van der Waals surface area (Å²) in [6, 6.07) is -0.0466. The van der Waals surface area contributed by atoms with Gasteiger partial charge >= 0.3 is 0 Å². The maximum atomic E-state index is 12.1. The monoisotopic (exact) mass is 227 g/mol. The zero-order valence-electron chi connectivity index (χ0n) is 10.1. The molecule has 1 atom stereocenters. The molecule has 1 amide bonds. The highest BCUT2D eigenvalue weighted by Crippen LogP contribution is 2.21. The molecule has 2 aliphatic rings. The van der Waals surface area contributed by atoms with E-state index in [2.05, 4.69) is 4.90 Å². The molecule has 2 saturated heterocycles. The number of carbonyl (C=O) groups is 1. The van der Waals surface area contributed by atoms with Crippen molar-refractivity contribution in [1.82, 2.24) is 9.80 Å². The smallest absolute Gasteiger partial charge is 0.239 e. The van der Waals surface area contributed by atoms with E-state index in [0.717, 1.165) is 26.2 Å². The summed E-state index contributed by atoms with van der Waals surface area (Å²) in [6.45, 7) is 8.37. The molecule has 5 nitrogen and oxygen atoms in total. The van der Waals surface area contributed by atoms with Crippen molar-refractivity contribution in [3.8, 4) is 0 Å². The van der Waals surface area contributed by atoms with Crippen LogP contribution in [0.1, 0.15) is 13.8 Å². The zero-order valence-corrected chi connectivity index (χ0v) is 10.1. The summed E-state index contributed by atoms with van der Waals surface area (Å²) in [5.74, 6) is 0.207. The molecule has 16 heavy (non-hydrogen) atoms. The van der Waals surface area contributed by atoms with Gasteiger partial charge in [-0.25, -0.2) is 0 Å². The molecule has 2 rings (SSSR count). The van der Waals surface area contributed by atoms with Crippen molar-refractivity contribution in [2.45, 2.75) is 25.4 Å². The first-order valence-electron chi connectivity index (χ1n) is 5.89. The van der Waals surface area contributed by atoms with Crippen LogP contribution in [-0.2, 0) is 9.53 Å². The lowest BCUT2D eigenvalue weighted by Gasteiger charge is -2.48. The number of amides is 1. The second-order valence-electron chi connectivity index (χ2n) is 5.17. The van der Waals surface area contributed by atoms with Crippen LogP contribution in [0, 0.1) is 0 Å². The fourth-order valence-corrected chi connectivity index (χ4v) is 2.36. The minimum Gasteiger partial charge on any atom is -0.378 e.